The molecule has 2 N–H and O–H groups in total. The van der Waals surface area contributed by atoms with E-state index in [1.165, 1.54) is 0 Å². The lowest BCUT2D eigenvalue weighted by Gasteiger charge is -2.11. The lowest BCUT2D eigenvalue weighted by molar-refractivity contribution is -0.137. The maximum atomic E-state index is 12.4. The molecule has 1 amide bonds. The van der Waals surface area contributed by atoms with Gasteiger partial charge in [0.15, 0.2) is 0 Å². The molecule has 82 valence electrons. The highest BCUT2D eigenvalue weighted by molar-refractivity contribution is 9.10. The standard InChI is InChI=1S/C7H4BrF3N2O2/c8-3-1-4(7(9,10)11)5(12-2-3)13-6(14)15/h1-2H,(H,12,13)(H,14,15). The minimum atomic E-state index is -4.66. The molecule has 1 aromatic rings. The van der Waals surface area contributed by atoms with E-state index in [-0.39, 0.29) is 4.47 Å². The summed E-state index contributed by atoms with van der Waals surface area (Å²) >= 11 is 2.82. The van der Waals surface area contributed by atoms with Gasteiger partial charge in [0.25, 0.3) is 0 Å². The summed E-state index contributed by atoms with van der Waals surface area (Å²) in [6.45, 7) is 0. The summed E-state index contributed by atoms with van der Waals surface area (Å²) in [5.74, 6) is -0.738. The average Bonchev–Trinajstić information content (AvgIpc) is 2.05. The van der Waals surface area contributed by atoms with Crippen LogP contribution in [0.5, 0.6) is 0 Å². The molecule has 1 heterocycles. The number of pyridine rings is 1. The molecule has 0 saturated carbocycles. The minimum Gasteiger partial charge on any atom is -0.465 e. The molecule has 1 aromatic heterocycles. The second-order valence-corrected chi connectivity index (χ2v) is 3.39. The first-order valence-electron chi connectivity index (χ1n) is 3.53. The molecular formula is C7H4BrF3N2O2. The third-order valence-corrected chi connectivity index (χ3v) is 1.82. The van der Waals surface area contributed by atoms with Crippen LogP contribution in [0, 0.1) is 0 Å². The van der Waals surface area contributed by atoms with Gasteiger partial charge >= 0.3 is 12.3 Å². The Labute approximate surface area is 90.3 Å². The van der Waals surface area contributed by atoms with Gasteiger partial charge in [0, 0.05) is 10.7 Å². The predicted octanol–water partition coefficient (Wildman–Crippen LogP) is 2.95. The normalized spacial score (nSPS) is 11.2. The fourth-order valence-corrected chi connectivity index (χ4v) is 1.19. The molecule has 0 saturated heterocycles. The summed E-state index contributed by atoms with van der Waals surface area (Å²) in [5, 5.41) is 9.87. The number of alkyl halides is 3. The molecule has 4 nitrogen and oxygen atoms in total. The Hall–Kier alpha value is -1.31. The Morgan fingerprint density at radius 1 is 1.53 bits per heavy atom. The number of nitrogens with one attached hydrogen (secondary N) is 1. The summed E-state index contributed by atoms with van der Waals surface area (Å²) in [7, 11) is 0. The molecule has 0 radical (unpaired) electrons. The van der Waals surface area contributed by atoms with Gasteiger partial charge in [-0.3, -0.25) is 5.32 Å². The van der Waals surface area contributed by atoms with E-state index in [1.54, 1.807) is 5.32 Å². The van der Waals surface area contributed by atoms with Crippen LogP contribution in [0.3, 0.4) is 0 Å². The maximum absolute atomic E-state index is 12.4. The van der Waals surface area contributed by atoms with E-state index in [1.807, 2.05) is 0 Å². The zero-order valence-corrected chi connectivity index (χ0v) is 8.56. The first kappa shape index (κ1) is 11.8. The second kappa shape index (κ2) is 4.05. The number of hydrogen-bond donors (Lipinski definition) is 2. The Morgan fingerprint density at radius 2 is 2.13 bits per heavy atom. The molecule has 8 heteroatoms. The van der Waals surface area contributed by atoms with Crippen molar-refractivity contribution in [3.63, 3.8) is 0 Å². The number of aromatic nitrogens is 1. The number of hydrogen-bond acceptors (Lipinski definition) is 2. The van der Waals surface area contributed by atoms with Gasteiger partial charge in [0.05, 0.1) is 5.56 Å². The third-order valence-electron chi connectivity index (χ3n) is 1.39. The van der Waals surface area contributed by atoms with Gasteiger partial charge in [0.2, 0.25) is 0 Å². The molecule has 1 rings (SSSR count). The molecule has 0 atom stereocenters. The Morgan fingerprint density at radius 3 is 2.60 bits per heavy atom. The van der Waals surface area contributed by atoms with Crippen LogP contribution in [0.4, 0.5) is 23.8 Å². The van der Waals surface area contributed by atoms with Gasteiger partial charge in [-0.1, -0.05) is 0 Å². The fraction of sp³-hybridized carbons (Fsp3) is 0.143. The molecule has 0 aliphatic carbocycles. The van der Waals surface area contributed by atoms with Crippen molar-refractivity contribution in [3.8, 4) is 0 Å². The Kier molecular flexibility index (Phi) is 3.18. The number of anilines is 1. The number of carbonyl (C=O) groups is 1. The van der Waals surface area contributed by atoms with Crippen molar-refractivity contribution in [3.05, 3.63) is 22.3 Å². The van der Waals surface area contributed by atoms with Crippen LogP contribution < -0.4 is 5.32 Å². The van der Waals surface area contributed by atoms with Crippen LogP contribution in [0.2, 0.25) is 0 Å². The van der Waals surface area contributed by atoms with Crippen LogP contribution in [-0.2, 0) is 6.18 Å². The van der Waals surface area contributed by atoms with Crippen LogP contribution >= 0.6 is 15.9 Å². The van der Waals surface area contributed by atoms with E-state index < -0.39 is 23.7 Å². The van der Waals surface area contributed by atoms with Gasteiger partial charge in [-0.25, -0.2) is 9.78 Å². The minimum absolute atomic E-state index is 0.116. The quantitative estimate of drug-likeness (QED) is 0.833. The molecule has 0 unspecified atom stereocenters. The van der Waals surface area contributed by atoms with Crippen molar-refractivity contribution in [1.29, 1.82) is 0 Å². The van der Waals surface area contributed by atoms with Crippen LogP contribution in [-0.4, -0.2) is 16.2 Å². The molecule has 0 aromatic carbocycles. The van der Waals surface area contributed by atoms with Crippen molar-refractivity contribution < 1.29 is 23.1 Å². The first-order valence-corrected chi connectivity index (χ1v) is 4.32. The molecule has 0 bridgehead atoms. The number of nitrogens with zero attached hydrogens (tertiary/aromatic N) is 1. The molecule has 0 aliphatic heterocycles. The van der Waals surface area contributed by atoms with Crippen LogP contribution in [0.15, 0.2) is 16.7 Å². The Bertz CT molecular complexity index is 394. The summed E-state index contributed by atoms with van der Waals surface area (Å²) in [6, 6.07) is 0.748. The molecule has 0 fully saturated rings. The van der Waals surface area contributed by atoms with E-state index in [0.29, 0.717) is 0 Å². The Balaban J connectivity index is 3.20. The summed E-state index contributed by atoms with van der Waals surface area (Å²) in [5.41, 5.74) is -1.14. The maximum Gasteiger partial charge on any atom is 0.420 e. The van der Waals surface area contributed by atoms with Gasteiger partial charge in [-0.2, -0.15) is 13.2 Å². The van der Waals surface area contributed by atoms with Crippen molar-refractivity contribution in [2.75, 3.05) is 5.32 Å². The van der Waals surface area contributed by atoms with Crippen LogP contribution in [0.1, 0.15) is 5.56 Å². The van der Waals surface area contributed by atoms with E-state index in [2.05, 4.69) is 20.9 Å². The molecule has 0 aliphatic rings. The number of rotatable bonds is 1. The SMILES string of the molecule is O=C(O)Nc1ncc(Br)cc1C(F)(F)F. The third kappa shape index (κ3) is 3.08. The fourth-order valence-electron chi connectivity index (χ4n) is 0.856. The highest BCUT2D eigenvalue weighted by atomic mass is 79.9. The summed E-state index contributed by atoms with van der Waals surface area (Å²) in [4.78, 5) is 13.5. The summed E-state index contributed by atoms with van der Waals surface area (Å²) in [6.07, 6.45) is -5.19. The van der Waals surface area contributed by atoms with E-state index in [0.717, 1.165) is 12.3 Å². The number of halogens is 4. The van der Waals surface area contributed by atoms with Gasteiger partial charge in [0.1, 0.15) is 5.82 Å². The lowest BCUT2D eigenvalue weighted by Crippen LogP contribution is -2.15. The van der Waals surface area contributed by atoms with E-state index >= 15 is 0 Å². The van der Waals surface area contributed by atoms with Crippen molar-refractivity contribution >= 4 is 27.8 Å². The zero-order chi connectivity index (χ0) is 11.6. The first-order chi connectivity index (χ1) is 6.80. The predicted molar refractivity (Wildman–Crippen MR) is 48.6 cm³/mol. The van der Waals surface area contributed by atoms with Crippen molar-refractivity contribution in [2.24, 2.45) is 0 Å². The monoisotopic (exact) mass is 284 g/mol. The lowest BCUT2D eigenvalue weighted by atomic mass is 10.2. The molecule has 15 heavy (non-hydrogen) atoms. The van der Waals surface area contributed by atoms with E-state index in [4.69, 9.17) is 5.11 Å². The molecular weight excluding hydrogens is 281 g/mol. The topological polar surface area (TPSA) is 62.2 Å². The number of carboxylic acid groups (broad SMARTS) is 1. The largest absolute Gasteiger partial charge is 0.465 e. The highest BCUT2D eigenvalue weighted by Crippen LogP contribution is 2.35. The summed E-state index contributed by atoms with van der Waals surface area (Å²) < 4.78 is 37.3. The zero-order valence-electron chi connectivity index (χ0n) is 6.97. The van der Waals surface area contributed by atoms with Gasteiger partial charge in [-0.05, 0) is 22.0 Å². The van der Waals surface area contributed by atoms with Crippen molar-refractivity contribution in [1.82, 2.24) is 4.98 Å². The van der Waals surface area contributed by atoms with E-state index in [9.17, 15) is 18.0 Å². The highest BCUT2D eigenvalue weighted by Gasteiger charge is 2.35. The smallest absolute Gasteiger partial charge is 0.420 e. The number of amides is 1. The van der Waals surface area contributed by atoms with Crippen LogP contribution in [0.25, 0.3) is 0 Å². The molecule has 0 spiro atoms. The van der Waals surface area contributed by atoms with Gasteiger partial charge in [-0.15, -0.1) is 0 Å². The second-order valence-electron chi connectivity index (χ2n) is 2.48. The van der Waals surface area contributed by atoms with Crippen molar-refractivity contribution in [2.45, 2.75) is 6.18 Å². The average molecular weight is 285 g/mol. The van der Waals surface area contributed by atoms with Gasteiger partial charge < -0.3 is 5.11 Å².